The molecular formula is C25H17F7N4O4. The number of rotatable bonds is 3. The number of urea groups is 1. The van der Waals surface area contributed by atoms with E-state index in [1.54, 1.807) is 6.92 Å². The molecule has 8 nitrogen and oxygen atoms in total. The van der Waals surface area contributed by atoms with Crippen LogP contribution in [0.15, 0.2) is 47.0 Å². The summed E-state index contributed by atoms with van der Waals surface area (Å²) in [5, 5.41) is 0. The van der Waals surface area contributed by atoms with Crippen molar-refractivity contribution in [3.8, 4) is 17.7 Å². The molecular weight excluding hydrogens is 553 g/mol. The number of oxazole rings is 1. The minimum atomic E-state index is -5.43. The first kappa shape index (κ1) is 28.3. The maximum Gasteiger partial charge on any atom is 0.420 e. The number of anilines is 2. The Bertz CT molecular complexity index is 1500. The molecule has 2 heterocycles. The van der Waals surface area contributed by atoms with Gasteiger partial charge in [-0.2, -0.15) is 26.3 Å². The third kappa shape index (κ3) is 5.95. The molecule has 1 fully saturated rings. The lowest BCUT2D eigenvalue weighted by Crippen LogP contribution is -2.33. The van der Waals surface area contributed by atoms with E-state index in [1.807, 2.05) is 0 Å². The van der Waals surface area contributed by atoms with Gasteiger partial charge in [-0.15, -0.1) is 0 Å². The van der Waals surface area contributed by atoms with Gasteiger partial charge in [0.15, 0.2) is 5.75 Å². The average Bonchev–Trinajstić information content (AvgIpc) is 3.46. The van der Waals surface area contributed by atoms with E-state index in [0.29, 0.717) is 15.6 Å². The fraction of sp³-hybridized carbons (Fsp3) is 0.240. The van der Waals surface area contributed by atoms with Crippen molar-refractivity contribution in [1.29, 1.82) is 0 Å². The molecule has 2 aromatic carbocycles. The fourth-order valence-corrected chi connectivity index (χ4v) is 3.61. The zero-order valence-electron chi connectivity index (χ0n) is 20.5. The number of nitrogens with zero attached hydrogens (tertiary/aromatic N) is 4. The topological polar surface area (TPSA) is 79.1 Å². The second kappa shape index (κ2) is 10.4. The van der Waals surface area contributed by atoms with Crippen LogP contribution >= 0.6 is 0 Å². The van der Waals surface area contributed by atoms with Crippen LogP contribution < -0.4 is 14.5 Å². The molecule has 210 valence electrons. The number of carbonyl (C=O) groups excluding carboxylic acids is 2. The van der Waals surface area contributed by atoms with Crippen LogP contribution in [0.1, 0.15) is 22.8 Å². The van der Waals surface area contributed by atoms with Crippen molar-refractivity contribution >= 4 is 23.5 Å². The lowest BCUT2D eigenvalue weighted by atomic mass is 10.1. The molecule has 3 amide bonds. The fourth-order valence-electron chi connectivity index (χ4n) is 3.61. The van der Waals surface area contributed by atoms with Crippen molar-refractivity contribution in [2.45, 2.75) is 19.3 Å². The van der Waals surface area contributed by atoms with E-state index >= 15 is 0 Å². The highest BCUT2D eigenvalue weighted by molar-refractivity contribution is 5.98. The first-order valence-electron chi connectivity index (χ1n) is 11.2. The van der Waals surface area contributed by atoms with Gasteiger partial charge in [0.05, 0.1) is 24.0 Å². The molecule has 15 heteroatoms. The third-order valence-electron chi connectivity index (χ3n) is 5.60. The Hall–Kier alpha value is -4.74. The molecule has 0 aliphatic carbocycles. The van der Waals surface area contributed by atoms with Crippen LogP contribution in [-0.4, -0.2) is 42.1 Å². The predicted octanol–water partition coefficient (Wildman–Crippen LogP) is 6.05. The Labute approximate surface area is 221 Å². The van der Waals surface area contributed by atoms with Crippen molar-refractivity contribution in [3.05, 3.63) is 71.2 Å². The van der Waals surface area contributed by atoms with Gasteiger partial charge in [-0.1, -0.05) is 0 Å². The lowest BCUT2D eigenvalue weighted by Gasteiger charge is -2.25. The summed E-state index contributed by atoms with van der Waals surface area (Å²) in [5.74, 6) is 0.797. The Morgan fingerprint density at radius 1 is 1.07 bits per heavy atom. The Kier molecular flexibility index (Phi) is 7.38. The summed E-state index contributed by atoms with van der Waals surface area (Å²) < 4.78 is 106. The smallest absolute Gasteiger partial charge is 0.420 e. The highest BCUT2D eigenvalue weighted by atomic mass is 19.4. The van der Waals surface area contributed by atoms with Gasteiger partial charge in [-0.05, 0) is 43.3 Å². The number of halogens is 7. The molecule has 3 aromatic rings. The number of amides is 3. The van der Waals surface area contributed by atoms with E-state index in [2.05, 4.69) is 16.9 Å². The highest BCUT2D eigenvalue weighted by Crippen LogP contribution is 2.47. The van der Waals surface area contributed by atoms with Crippen LogP contribution in [0.5, 0.6) is 5.75 Å². The second-order valence-corrected chi connectivity index (χ2v) is 8.37. The van der Waals surface area contributed by atoms with Gasteiger partial charge >= 0.3 is 24.5 Å². The van der Waals surface area contributed by atoms with E-state index in [9.17, 15) is 40.3 Å². The van der Waals surface area contributed by atoms with Gasteiger partial charge in [0, 0.05) is 31.2 Å². The molecule has 0 N–H and O–H groups in total. The van der Waals surface area contributed by atoms with Crippen LogP contribution in [0.2, 0.25) is 0 Å². The Balaban J connectivity index is 1.77. The summed E-state index contributed by atoms with van der Waals surface area (Å²) >= 11 is 0. The number of aromatic nitrogens is 1. The minimum Gasteiger partial charge on any atom is -0.435 e. The van der Waals surface area contributed by atoms with Crippen molar-refractivity contribution < 1.29 is 49.5 Å². The zero-order chi connectivity index (χ0) is 29.4. The molecule has 0 atom stereocenters. The Morgan fingerprint density at radius 3 is 2.33 bits per heavy atom. The number of carbonyl (C=O) groups is 2. The summed E-state index contributed by atoms with van der Waals surface area (Å²) in [7, 11) is 1.09. The predicted molar refractivity (Wildman–Crippen MR) is 125 cm³/mol. The maximum absolute atomic E-state index is 14.0. The molecule has 1 aromatic heterocycles. The van der Waals surface area contributed by atoms with Crippen molar-refractivity contribution in [1.82, 2.24) is 9.88 Å². The van der Waals surface area contributed by atoms with Gasteiger partial charge < -0.3 is 9.15 Å². The number of alkyl halides is 6. The SMILES string of the molecule is Cc1cnc(C#CN2CCN(c3cc(C(F)(F)F)cc(C(F)(F)F)c3OC(=O)N(C)c3ccc(F)cc3)C2=O)o1. The zero-order valence-corrected chi connectivity index (χ0v) is 20.5. The molecule has 0 spiro atoms. The number of benzene rings is 2. The molecule has 1 saturated heterocycles. The number of hydrogen-bond donors (Lipinski definition) is 0. The van der Waals surface area contributed by atoms with Crippen molar-refractivity contribution in [2.75, 3.05) is 29.9 Å². The standard InChI is InChI=1S/C25H17F7N4O4/c1-14-13-33-20(39-14)7-8-35-9-10-36(22(35)37)19-12-15(24(27,28)29)11-18(25(30,31)32)21(19)40-23(38)34(2)17-5-3-16(26)4-6-17/h3-6,11-13H,9-10H2,1-2H3. The monoisotopic (exact) mass is 570 g/mol. The van der Waals surface area contributed by atoms with Gasteiger partial charge in [0.1, 0.15) is 17.1 Å². The highest BCUT2D eigenvalue weighted by Gasteiger charge is 2.44. The van der Waals surface area contributed by atoms with E-state index in [-0.39, 0.29) is 30.3 Å². The quantitative estimate of drug-likeness (QED) is 0.283. The summed E-state index contributed by atoms with van der Waals surface area (Å²) in [6.07, 6.45) is -10.8. The van der Waals surface area contributed by atoms with Gasteiger partial charge in [0.25, 0.3) is 5.89 Å². The first-order chi connectivity index (χ1) is 18.6. The van der Waals surface area contributed by atoms with Crippen LogP contribution in [0, 0.1) is 24.7 Å². The van der Waals surface area contributed by atoms with Gasteiger partial charge in [-0.3, -0.25) is 14.7 Å². The van der Waals surface area contributed by atoms with E-state index in [1.165, 1.54) is 6.20 Å². The van der Waals surface area contributed by atoms with E-state index in [4.69, 9.17) is 9.15 Å². The van der Waals surface area contributed by atoms with Crippen molar-refractivity contribution in [2.24, 2.45) is 0 Å². The van der Waals surface area contributed by atoms with Crippen LogP contribution in [0.25, 0.3) is 0 Å². The molecule has 1 aliphatic heterocycles. The average molecular weight is 570 g/mol. The number of hydrogen-bond acceptors (Lipinski definition) is 5. The van der Waals surface area contributed by atoms with E-state index < -0.39 is 59.4 Å². The number of ether oxygens (including phenoxy) is 1. The van der Waals surface area contributed by atoms with Crippen LogP contribution in [-0.2, 0) is 12.4 Å². The second-order valence-electron chi connectivity index (χ2n) is 8.37. The largest absolute Gasteiger partial charge is 0.435 e. The summed E-state index contributed by atoms with van der Waals surface area (Å²) in [6.45, 7) is 0.976. The molecule has 1 aliphatic rings. The van der Waals surface area contributed by atoms with Gasteiger partial charge in [0.2, 0.25) is 0 Å². The molecule has 4 rings (SSSR count). The number of aryl methyl sites for hydroxylation is 1. The molecule has 40 heavy (non-hydrogen) atoms. The summed E-state index contributed by atoms with van der Waals surface area (Å²) in [6, 6.07) is 5.60. The van der Waals surface area contributed by atoms with Crippen molar-refractivity contribution in [3.63, 3.8) is 0 Å². The summed E-state index contributed by atoms with van der Waals surface area (Å²) in [5.41, 5.74) is -4.61. The maximum atomic E-state index is 14.0. The molecule has 0 unspecified atom stereocenters. The van der Waals surface area contributed by atoms with Gasteiger partial charge in [-0.25, -0.2) is 19.0 Å². The first-order valence-corrected chi connectivity index (χ1v) is 11.2. The van der Waals surface area contributed by atoms with E-state index in [0.717, 1.165) is 36.2 Å². The Morgan fingerprint density at radius 2 is 1.75 bits per heavy atom. The molecule has 0 bridgehead atoms. The lowest BCUT2D eigenvalue weighted by molar-refractivity contribution is -0.143. The minimum absolute atomic E-state index is 0.00823. The molecule has 0 saturated carbocycles. The molecule has 0 radical (unpaired) electrons. The van der Waals surface area contributed by atoms with Crippen LogP contribution in [0.3, 0.4) is 0 Å². The van der Waals surface area contributed by atoms with Crippen LogP contribution in [0.4, 0.5) is 51.7 Å². The normalized spacial score (nSPS) is 13.8. The third-order valence-corrected chi connectivity index (χ3v) is 5.60. The summed E-state index contributed by atoms with van der Waals surface area (Å²) in [4.78, 5) is 31.8.